The molecule has 1 aliphatic rings. The molecular weight excluding hydrogens is 310 g/mol. The maximum Gasteiger partial charge on any atom is 0.263 e. The minimum absolute atomic E-state index is 0.0117. The summed E-state index contributed by atoms with van der Waals surface area (Å²) in [6.07, 6.45) is 9.79. The smallest absolute Gasteiger partial charge is 0.263 e. The van der Waals surface area contributed by atoms with Crippen LogP contribution in [-0.2, 0) is 0 Å². The van der Waals surface area contributed by atoms with E-state index in [2.05, 4.69) is 21.3 Å². The maximum atomic E-state index is 12.0. The number of piperidine rings is 1. The van der Waals surface area contributed by atoms with Crippen molar-refractivity contribution >= 4 is 23.3 Å². The van der Waals surface area contributed by atoms with Gasteiger partial charge in [-0.1, -0.05) is 6.08 Å². The van der Waals surface area contributed by atoms with E-state index < -0.39 is 0 Å². The predicted octanol–water partition coefficient (Wildman–Crippen LogP) is 2.89. The van der Waals surface area contributed by atoms with Gasteiger partial charge in [-0.15, -0.1) is 11.3 Å². The molecular formula is C17H21N3O2S. The van der Waals surface area contributed by atoms with Crippen LogP contribution >= 0.6 is 11.3 Å². The van der Waals surface area contributed by atoms with Crippen LogP contribution in [0.3, 0.4) is 0 Å². The molecule has 0 radical (unpaired) electrons. The maximum absolute atomic E-state index is 12.0. The van der Waals surface area contributed by atoms with Crippen molar-refractivity contribution in [3.63, 3.8) is 0 Å². The monoisotopic (exact) mass is 331 g/mol. The molecule has 0 saturated carbocycles. The Bertz CT molecular complexity index is 622. The minimum atomic E-state index is -0.0117. The lowest BCUT2D eigenvalue weighted by Gasteiger charge is -2.32. The number of carbonyl (C=O) groups excluding carboxylic acids is 1. The Morgan fingerprint density at radius 2 is 2.52 bits per heavy atom. The third kappa shape index (κ3) is 4.77. The molecule has 1 atom stereocenters. The second kappa shape index (κ2) is 8.08. The summed E-state index contributed by atoms with van der Waals surface area (Å²) in [6.45, 7) is 3.78. The van der Waals surface area contributed by atoms with E-state index in [4.69, 9.17) is 4.42 Å². The number of aromatic nitrogens is 1. The molecule has 3 heterocycles. The summed E-state index contributed by atoms with van der Waals surface area (Å²) < 4.78 is 5.29. The van der Waals surface area contributed by atoms with Crippen LogP contribution in [-0.4, -0.2) is 42.0 Å². The summed E-state index contributed by atoms with van der Waals surface area (Å²) in [4.78, 5) is 19.0. The van der Waals surface area contributed by atoms with Gasteiger partial charge in [0.1, 0.15) is 10.6 Å². The Labute approximate surface area is 140 Å². The second-order valence-electron chi connectivity index (χ2n) is 5.76. The van der Waals surface area contributed by atoms with Crippen LogP contribution in [0, 0.1) is 5.92 Å². The number of carbonyl (C=O) groups is 1. The van der Waals surface area contributed by atoms with Crippen LogP contribution in [0.4, 0.5) is 0 Å². The van der Waals surface area contributed by atoms with Crippen LogP contribution in [0.2, 0.25) is 0 Å². The number of furan rings is 1. The number of hydrogen-bond donors (Lipinski definition) is 1. The number of thiazole rings is 1. The zero-order valence-electron chi connectivity index (χ0n) is 13.0. The molecule has 1 amide bonds. The lowest BCUT2D eigenvalue weighted by atomic mass is 9.98. The Hall–Kier alpha value is -1.92. The van der Waals surface area contributed by atoms with E-state index in [0.717, 1.165) is 31.9 Å². The van der Waals surface area contributed by atoms with Crippen LogP contribution < -0.4 is 5.32 Å². The van der Waals surface area contributed by atoms with E-state index >= 15 is 0 Å². The van der Waals surface area contributed by atoms with Crippen molar-refractivity contribution in [3.05, 3.63) is 46.8 Å². The summed E-state index contributed by atoms with van der Waals surface area (Å²) in [5.41, 5.74) is 1.68. The fraction of sp³-hybridized carbons (Fsp3) is 0.412. The van der Waals surface area contributed by atoms with Crippen molar-refractivity contribution < 1.29 is 9.21 Å². The third-order valence-corrected chi connectivity index (χ3v) is 4.77. The van der Waals surface area contributed by atoms with Crippen molar-refractivity contribution in [2.24, 2.45) is 5.92 Å². The zero-order valence-corrected chi connectivity index (χ0v) is 13.8. The van der Waals surface area contributed by atoms with E-state index in [0.29, 0.717) is 10.8 Å². The van der Waals surface area contributed by atoms with Gasteiger partial charge in [0.05, 0.1) is 18.0 Å². The SMILES string of the molecule is O=C(NC[C@@H]1CCCN(C/C=C/c2ccco2)C1)c1cncs1. The number of amides is 1. The van der Waals surface area contributed by atoms with E-state index in [1.54, 1.807) is 18.0 Å². The largest absolute Gasteiger partial charge is 0.465 e. The standard InChI is InChI=1S/C17H21N3O2S/c21-17(16-11-18-13-23-16)19-10-14-4-1-7-20(12-14)8-2-5-15-6-3-9-22-15/h2-3,5-6,9,11,13-14H,1,4,7-8,10,12H2,(H,19,21)/b5-2+/t14-/m0/s1. The Balaban J connectivity index is 1.42. The normalized spacial score (nSPS) is 19.2. The molecule has 23 heavy (non-hydrogen) atoms. The number of hydrogen-bond acceptors (Lipinski definition) is 5. The predicted molar refractivity (Wildman–Crippen MR) is 91.4 cm³/mol. The van der Waals surface area contributed by atoms with E-state index in [1.165, 1.54) is 24.2 Å². The lowest BCUT2D eigenvalue weighted by Crippen LogP contribution is -2.40. The zero-order chi connectivity index (χ0) is 15.9. The first-order chi connectivity index (χ1) is 11.3. The van der Waals surface area contributed by atoms with E-state index in [-0.39, 0.29) is 5.91 Å². The molecule has 2 aromatic heterocycles. The second-order valence-corrected chi connectivity index (χ2v) is 6.65. The van der Waals surface area contributed by atoms with Crippen molar-refractivity contribution in [1.29, 1.82) is 0 Å². The van der Waals surface area contributed by atoms with Crippen molar-refractivity contribution in [2.75, 3.05) is 26.2 Å². The molecule has 2 aromatic rings. The highest BCUT2D eigenvalue weighted by molar-refractivity contribution is 7.11. The molecule has 1 N–H and O–H groups in total. The average molecular weight is 331 g/mol. The van der Waals surface area contributed by atoms with Gasteiger partial charge in [-0.05, 0) is 43.5 Å². The first-order valence-electron chi connectivity index (χ1n) is 7.90. The molecule has 0 aliphatic carbocycles. The van der Waals surface area contributed by atoms with Crippen molar-refractivity contribution in [1.82, 2.24) is 15.2 Å². The molecule has 6 heteroatoms. The molecule has 1 saturated heterocycles. The molecule has 3 rings (SSSR count). The van der Waals surface area contributed by atoms with Gasteiger partial charge < -0.3 is 9.73 Å². The number of likely N-dealkylation sites (tertiary alicyclic amines) is 1. The van der Waals surface area contributed by atoms with Crippen molar-refractivity contribution in [3.8, 4) is 0 Å². The lowest BCUT2D eigenvalue weighted by molar-refractivity contribution is 0.0938. The first kappa shape index (κ1) is 16.0. The molecule has 122 valence electrons. The number of nitrogens with zero attached hydrogens (tertiary/aromatic N) is 2. The van der Waals surface area contributed by atoms with Crippen molar-refractivity contribution in [2.45, 2.75) is 12.8 Å². The van der Waals surface area contributed by atoms with Gasteiger partial charge in [0.15, 0.2) is 0 Å². The molecule has 5 nitrogen and oxygen atoms in total. The van der Waals surface area contributed by atoms with Gasteiger partial charge in [0, 0.05) is 19.6 Å². The number of rotatable bonds is 6. The van der Waals surface area contributed by atoms with Crippen LogP contribution in [0.1, 0.15) is 28.3 Å². The Morgan fingerprint density at radius 3 is 3.30 bits per heavy atom. The van der Waals surface area contributed by atoms with Gasteiger partial charge in [-0.25, -0.2) is 0 Å². The quantitative estimate of drug-likeness (QED) is 0.884. The molecule has 0 bridgehead atoms. The fourth-order valence-electron chi connectivity index (χ4n) is 2.84. The Morgan fingerprint density at radius 1 is 1.57 bits per heavy atom. The summed E-state index contributed by atoms with van der Waals surface area (Å²) in [5, 5.41) is 3.03. The van der Waals surface area contributed by atoms with Gasteiger partial charge >= 0.3 is 0 Å². The van der Waals surface area contributed by atoms with Gasteiger partial charge in [-0.2, -0.15) is 0 Å². The molecule has 1 aliphatic heterocycles. The van der Waals surface area contributed by atoms with Crippen LogP contribution in [0.25, 0.3) is 6.08 Å². The van der Waals surface area contributed by atoms with Crippen LogP contribution in [0.15, 0.2) is 40.6 Å². The summed E-state index contributed by atoms with van der Waals surface area (Å²) in [6, 6.07) is 3.84. The highest BCUT2D eigenvalue weighted by Gasteiger charge is 2.20. The van der Waals surface area contributed by atoms with E-state index in [9.17, 15) is 4.79 Å². The third-order valence-electron chi connectivity index (χ3n) is 4.00. The average Bonchev–Trinajstić information content (AvgIpc) is 3.26. The van der Waals surface area contributed by atoms with Crippen LogP contribution in [0.5, 0.6) is 0 Å². The summed E-state index contributed by atoms with van der Waals surface area (Å²) in [7, 11) is 0. The van der Waals surface area contributed by atoms with Gasteiger partial charge in [0.2, 0.25) is 0 Å². The highest BCUT2D eigenvalue weighted by Crippen LogP contribution is 2.16. The topological polar surface area (TPSA) is 58.4 Å². The number of nitrogens with one attached hydrogen (secondary N) is 1. The van der Waals surface area contributed by atoms with Gasteiger partial charge in [-0.3, -0.25) is 14.7 Å². The molecule has 0 spiro atoms. The summed E-state index contributed by atoms with van der Waals surface area (Å²) in [5.74, 6) is 1.38. The first-order valence-corrected chi connectivity index (χ1v) is 8.78. The minimum Gasteiger partial charge on any atom is -0.465 e. The Kier molecular flexibility index (Phi) is 5.60. The van der Waals surface area contributed by atoms with Gasteiger partial charge in [0.25, 0.3) is 5.91 Å². The molecule has 0 aromatic carbocycles. The summed E-state index contributed by atoms with van der Waals surface area (Å²) >= 11 is 1.38. The molecule has 1 fully saturated rings. The fourth-order valence-corrected chi connectivity index (χ4v) is 3.38. The highest BCUT2D eigenvalue weighted by atomic mass is 32.1. The molecule has 0 unspecified atom stereocenters. The van der Waals surface area contributed by atoms with E-state index in [1.807, 2.05) is 18.2 Å².